The Morgan fingerprint density at radius 2 is 1.54 bits per heavy atom. The van der Waals surface area contributed by atoms with Gasteiger partial charge in [-0.15, -0.1) is 0 Å². The van der Waals surface area contributed by atoms with Crippen LogP contribution in [0.25, 0.3) is 0 Å². The molecular formula is C15H17FN2O4S2. The molecule has 0 fully saturated rings. The minimum absolute atomic E-state index is 0.00630. The van der Waals surface area contributed by atoms with Crippen molar-refractivity contribution in [2.75, 3.05) is 18.8 Å². The highest BCUT2D eigenvalue weighted by Gasteiger charge is 2.21. The molecule has 0 amide bonds. The predicted octanol–water partition coefficient (Wildman–Crippen LogP) is 2.19. The Morgan fingerprint density at radius 3 is 2.08 bits per heavy atom. The summed E-state index contributed by atoms with van der Waals surface area (Å²) in [6, 6.07) is 8.56. The Kier molecular flexibility index (Phi) is 4.97. The van der Waals surface area contributed by atoms with Gasteiger partial charge in [0.15, 0.2) is 0 Å². The van der Waals surface area contributed by atoms with Gasteiger partial charge in [0.05, 0.1) is 15.5 Å². The lowest BCUT2D eigenvalue weighted by atomic mass is 10.2. The first-order valence-electron chi connectivity index (χ1n) is 6.85. The number of hydrogen-bond donors (Lipinski definition) is 1. The normalized spacial score (nSPS) is 12.4. The van der Waals surface area contributed by atoms with E-state index in [1.165, 1.54) is 32.3 Å². The van der Waals surface area contributed by atoms with Gasteiger partial charge < -0.3 is 0 Å². The van der Waals surface area contributed by atoms with Crippen molar-refractivity contribution >= 4 is 25.7 Å². The van der Waals surface area contributed by atoms with Crippen LogP contribution in [0.3, 0.4) is 0 Å². The number of halogens is 1. The summed E-state index contributed by atoms with van der Waals surface area (Å²) in [7, 11) is -4.87. The number of nitrogens with one attached hydrogen (secondary N) is 1. The van der Waals surface area contributed by atoms with Crippen molar-refractivity contribution in [3.8, 4) is 0 Å². The highest BCUT2D eigenvalue weighted by Crippen LogP contribution is 2.24. The Bertz CT molecular complexity index is 953. The number of sulfonamides is 2. The molecule has 2 aromatic rings. The van der Waals surface area contributed by atoms with E-state index in [1.807, 2.05) is 0 Å². The molecule has 2 rings (SSSR count). The highest BCUT2D eigenvalue weighted by molar-refractivity contribution is 7.92. The molecule has 0 bridgehead atoms. The van der Waals surface area contributed by atoms with Gasteiger partial charge in [-0.3, -0.25) is 4.72 Å². The maximum absolute atomic E-state index is 12.9. The van der Waals surface area contributed by atoms with Gasteiger partial charge >= 0.3 is 0 Å². The van der Waals surface area contributed by atoms with Crippen molar-refractivity contribution in [1.29, 1.82) is 0 Å². The van der Waals surface area contributed by atoms with Crippen LogP contribution in [0.2, 0.25) is 0 Å². The van der Waals surface area contributed by atoms with Crippen LogP contribution in [-0.2, 0) is 20.0 Å². The van der Waals surface area contributed by atoms with Crippen LogP contribution in [0, 0.1) is 12.7 Å². The van der Waals surface area contributed by atoms with E-state index in [1.54, 1.807) is 6.92 Å². The van der Waals surface area contributed by atoms with Gasteiger partial charge in [-0.25, -0.2) is 25.5 Å². The van der Waals surface area contributed by atoms with E-state index >= 15 is 0 Å². The molecular weight excluding hydrogens is 355 g/mol. The van der Waals surface area contributed by atoms with Crippen LogP contribution in [0.4, 0.5) is 10.1 Å². The number of aryl methyl sites for hydroxylation is 1. The fourth-order valence-electron chi connectivity index (χ4n) is 1.97. The summed E-state index contributed by atoms with van der Waals surface area (Å²) < 4.78 is 65.4. The second kappa shape index (κ2) is 6.50. The third kappa shape index (κ3) is 3.74. The molecule has 130 valence electrons. The number of rotatable bonds is 5. The first-order chi connectivity index (χ1) is 11.0. The highest BCUT2D eigenvalue weighted by atomic mass is 32.2. The van der Waals surface area contributed by atoms with Crippen LogP contribution in [0.5, 0.6) is 0 Å². The lowest BCUT2D eigenvalue weighted by Gasteiger charge is -2.15. The van der Waals surface area contributed by atoms with Gasteiger partial charge in [0.1, 0.15) is 5.82 Å². The third-order valence-corrected chi connectivity index (χ3v) is 6.68. The molecule has 0 saturated carbocycles. The first-order valence-corrected chi connectivity index (χ1v) is 9.78. The maximum atomic E-state index is 12.9. The van der Waals surface area contributed by atoms with E-state index in [0.717, 1.165) is 28.6 Å². The summed E-state index contributed by atoms with van der Waals surface area (Å²) in [6.45, 7) is 1.62. The Labute approximate surface area is 141 Å². The monoisotopic (exact) mass is 372 g/mol. The molecule has 1 N–H and O–H groups in total. The molecule has 0 spiro atoms. The van der Waals surface area contributed by atoms with Gasteiger partial charge in [-0.05, 0) is 48.9 Å². The molecule has 0 atom stereocenters. The van der Waals surface area contributed by atoms with Crippen molar-refractivity contribution in [2.24, 2.45) is 0 Å². The number of hydrogen-bond acceptors (Lipinski definition) is 4. The van der Waals surface area contributed by atoms with E-state index < -0.39 is 25.9 Å². The number of anilines is 1. The van der Waals surface area contributed by atoms with Gasteiger partial charge in [0, 0.05) is 14.1 Å². The summed E-state index contributed by atoms with van der Waals surface area (Å²) in [6.07, 6.45) is 0. The molecule has 6 nitrogen and oxygen atoms in total. The SMILES string of the molecule is Cc1ccc(NS(=O)(=O)c2ccc(F)cc2)cc1S(=O)(=O)N(C)C. The van der Waals surface area contributed by atoms with E-state index in [4.69, 9.17) is 0 Å². The fraction of sp³-hybridized carbons (Fsp3) is 0.200. The van der Waals surface area contributed by atoms with Crippen molar-refractivity contribution in [1.82, 2.24) is 4.31 Å². The molecule has 0 radical (unpaired) electrons. The zero-order valence-electron chi connectivity index (χ0n) is 13.3. The fourth-order valence-corrected chi connectivity index (χ4v) is 4.16. The Morgan fingerprint density at radius 1 is 0.958 bits per heavy atom. The Balaban J connectivity index is 2.43. The molecule has 24 heavy (non-hydrogen) atoms. The molecule has 0 heterocycles. The van der Waals surface area contributed by atoms with E-state index in [9.17, 15) is 21.2 Å². The minimum Gasteiger partial charge on any atom is -0.280 e. The largest absolute Gasteiger partial charge is 0.280 e. The van der Waals surface area contributed by atoms with E-state index in [2.05, 4.69) is 4.72 Å². The average Bonchev–Trinajstić information content (AvgIpc) is 2.49. The van der Waals surface area contributed by atoms with Crippen molar-refractivity contribution in [2.45, 2.75) is 16.7 Å². The first kappa shape index (κ1) is 18.4. The molecule has 9 heteroatoms. The summed E-state index contributed by atoms with van der Waals surface area (Å²) in [5.74, 6) is -0.552. The van der Waals surface area contributed by atoms with Gasteiger partial charge in [0.25, 0.3) is 10.0 Å². The molecule has 0 saturated heterocycles. The van der Waals surface area contributed by atoms with Crippen molar-refractivity contribution in [3.63, 3.8) is 0 Å². The zero-order valence-corrected chi connectivity index (χ0v) is 14.9. The molecule has 2 aromatic carbocycles. The second-order valence-corrected chi connectivity index (χ2v) is 9.13. The lowest BCUT2D eigenvalue weighted by molar-refractivity contribution is 0.520. The van der Waals surface area contributed by atoms with Crippen LogP contribution in [0.15, 0.2) is 52.3 Å². The summed E-state index contributed by atoms with van der Waals surface area (Å²) in [5.41, 5.74) is 0.596. The lowest BCUT2D eigenvalue weighted by Crippen LogP contribution is -2.23. The standard InChI is InChI=1S/C15H17FN2O4S2/c1-11-4-7-13(10-15(11)24(21,22)18(2)3)17-23(19,20)14-8-5-12(16)6-9-14/h4-10,17H,1-3H3. The smallest absolute Gasteiger partial charge is 0.261 e. The maximum Gasteiger partial charge on any atom is 0.261 e. The van der Waals surface area contributed by atoms with Crippen LogP contribution in [0.1, 0.15) is 5.56 Å². The van der Waals surface area contributed by atoms with Gasteiger partial charge in [-0.2, -0.15) is 0 Å². The molecule has 0 aromatic heterocycles. The van der Waals surface area contributed by atoms with Crippen LogP contribution < -0.4 is 4.72 Å². The van der Waals surface area contributed by atoms with E-state index in [-0.39, 0.29) is 15.5 Å². The molecule has 0 aliphatic heterocycles. The molecule has 0 aliphatic carbocycles. The van der Waals surface area contributed by atoms with E-state index in [0.29, 0.717) is 5.56 Å². The number of nitrogens with zero attached hydrogens (tertiary/aromatic N) is 1. The summed E-state index contributed by atoms with van der Waals surface area (Å²) in [5, 5.41) is 0. The van der Waals surface area contributed by atoms with Crippen molar-refractivity contribution in [3.05, 3.63) is 53.8 Å². The summed E-state index contributed by atoms with van der Waals surface area (Å²) >= 11 is 0. The van der Waals surface area contributed by atoms with Gasteiger partial charge in [-0.1, -0.05) is 6.07 Å². The summed E-state index contributed by atoms with van der Waals surface area (Å²) in [4.78, 5) is -0.117. The molecule has 0 unspecified atom stereocenters. The van der Waals surface area contributed by atoms with Crippen LogP contribution in [-0.4, -0.2) is 35.2 Å². The topological polar surface area (TPSA) is 83.5 Å². The van der Waals surface area contributed by atoms with Crippen molar-refractivity contribution < 1.29 is 21.2 Å². The molecule has 0 aliphatic rings. The average molecular weight is 372 g/mol. The zero-order chi connectivity index (χ0) is 18.1. The number of benzene rings is 2. The predicted molar refractivity (Wildman–Crippen MR) is 89.3 cm³/mol. The third-order valence-electron chi connectivity index (χ3n) is 3.32. The Hall–Kier alpha value is -1.97. The quantitative estimate of drug-likeness (QED) is 0.872. The second-order valence-electron chi connectivity index (χ2n) is 5.33. The van der Waals surface area contributed by atoms with Crippen LogP contribution >= 0.6 is 0 Å². The minimum atomic E-state index is -3.95. The van der Waals surface area contributed by atoms with Gasteiger partial charge in [0.2, 0.25) is 10.0 Å².